The maximum atomic E-state index is 12.3. The molecule has 0 spiro atoms. The summed E-state index contributed by atoms with van der Waals surface area (Å²) in [5.74, 6) is 0. The highest BCUT2D eigenvalue weighted by Crippen LogP contribution is 2.32. The molecule has 1 saturated heterocycles. The monoisotopic (exact) mass is 256 g/mol. The molecule has 1 aliphatic heterocycles. The second-order valence-electron chi connectivity index (χ2n) is 7.29. The second kappa shape index (κ2) is 5.08. The highest BCUT2D eigenvalue weighted by molar-refractivity contribution is 5.69. The number of hydrogen-bond donors (Lipinski definition) is 1. The van der Waals surface area contributed by atoms with Gasteiger partial charge in [-0.2, -0.15) is 0 Å². The second-order valence-corrected chi connectivity index (χ2v) is 7.29. The predicted octanol–water partition coefficient (Wildman–Crippen LogP) is 2.76. The Hall–Kier alpha value is -0.770. The first-order valence-electron chi connectivity index (χ1n) is 6.77. The van der Waals surface area contributed by atoms with E-state index in [0.29, 0.717) is 0 Å². The maximum absolute atomic E-state index is 12.3. The van der Waals surface area contributed by atoms with Crippen molar-refractivity contribution in [2.24, 2.45) is 11.1 Å². The first kappa shape index (κ1) is 15.3. The van der Waals surface area contributed by atoms with Crippen LogP contribution in [-0.2, 0) is 4.74 Å². The highest BCUT2D eigenvalue weighted by Gasteiger charge is 2.41. The Morgan fingerprint density at radius 1 is 1.22 bits per heavy atom. The molecule has 4 nitrogen and oxygen atoms in total. The molecule has 0 radical (unpaired) electrons. The molecule has 0 aromatic heterocycles. The summed E-state index contributed by atoms with van der Waals surface area (Å²) in [4.78, 5) is 14.1. The van der Waals surface area contributed by atoms with Gasteiger partial charge in [-0.15, -0.1) is 0 Å². The number of carbonyl (C=O) groups is 1. The van der Waals surface area contributed by atoms with E-state index in [0.717, 1.165) is 19.4 Å². The molecular weight excluding hydrogens is 228 g/mol. The van der Waals surface area contributed by atoms with Gasteiger partial charge in [0.1, 0.15) is 5.60 Å². The van der Waals surface area contributed by atoms with Crippen molar-refractivity contribution in [3.8, 4) is 0 Å². The zero-order valence-corrected chi connectivity index (χ0v) is 12.6. The lowest BCUT2D eigenvalue weighted by Gasteiger charge is -2.46. The van der Waals surface area contributed by atoms with Crippen LogP contribution < -0.4 is 5.73 Å². The zero-order chi connectivity index (χ0) is 14.1. The van der Waals surface area contributed by atoms with Crippen LogP contribution in [0.2, 0.25) is 0 Å². The third-order valence-corrected chi connectivity index (χ3v) is 3.19. The van der Waals surface area contributed by atoms with Gasteiger partial charge in [-0.05, 0) is 39.0 Å². The Labute approximate surface area is 111 Å². The van der Waals surface area contributed by atoms with Crippen molar-refractivity contribution < 1.29 is 9.53 Å². The molecular formula is C14H28N2O2. The molecule has 2 N–H and O–H groups in total. The van der Waals surface area contributed by atoms with E-state index in [2.05, 4.69) is 20.8 Å². The summed E-state index contributed by atoms with van der Waals surface area (Å²) in [6.07, 6.45) is 1.69. The molecule has 4 heteroatoms. The fraction of sp³-hybridized carbons (Fsp3) is 0.929. The minimum atomic E-state index is -0.457. The molecule has 1 fully saturated rings. The molecule has 106 valence electrons. The lowest BCUT2D eigenvalue weighted by Crippen LogP contribution is -2.60. The van der Waals surface area contributed by atoms with Crippen molar-refractivity contribution in [1.82, 2.24) is 4.90 Å². The minimum Gasteiger partial charge on any atom is -0.444 e. The number of amides is 1. The Kier molecular flexibility index (Phi) is 4.31. The van der Waals surface area contributed by atoms with E-state index in [1.807, 2.05) is 25.7 Å². The largest absolute Gasteiger partial charge is 0.444 e. The van der Waals surface area contributed by atoms with Crippen LogP contribution >= 0.6 is 0 Å². The van der Waals surface area contributed by atoms with Gasteiger partial charge in [0.25, 0.3) is 0 Å². The lowest BCUT2D eigenvalue weighted by molar-refractivity contribution is -0.0124. The van der Waals surface area contributed by atoms with E-state index < -0.39 is 5.60 Å². The van der Waals surface area contributed by atoms with Crippen molar-refractivity contribution in [2.45, 2.75) is 72.1 Å². The van der Waals surface area contributed by atoms with E-state index in [1.165, 1.54) is 0 Å². The Bertz CT molecular complexity index is 302. The first-order chi connectivity index (χ1) is 8.02. The molecule has 18 heavy (non-hydrogen) atoms. The molecule has 0 aromatic carbocycles. The van der Waals surface area contributed by atoms with Gasteiger partial charge in [0.15, 0.2) is 0 Å². The average Bonchev–Trinajstić information content (AvgIpc) is 2.12. The van der Waals surface area contributed by atoms with E-state index >= 15 is 0 Å². The van der Waals surface area contributed by atoms with Crippen molar-refractivity contribution in [3.63, 3.8) is 0 Å². The summed E-state index contributed by atoms with van der Waals surface area (Å²) in [5, 5.41) is 0. The smallest absolute Gasteiger partial charge is 0.410 e. The van der Waals surface area contributed by atoms with Gasteiger partial charge in [-0.3, -0.25) is 0 Å². The van der Waals surface area contributed by atoms with Crippen molar-refractivity contribution in [3.05, 3.63) is 0 Å². The van der Waals surface area contributed by atoms with Crippen molar-refractivity contribution in [2.75, 3.05) is 6.54 Å². The molecule has 1 heterocycles. The van der Waals surface area contributed by atoms with Gasteiger partial charge in [-0.1, -0.05) is 20.8 Å². The number of rotatable bonds is 0. The standard InChI is InChI=1S/C14H28N2O2/c1-13(2,3)11-10(15)8-7-9-16(11)12(17)18-14(4,5)6/h10-11H,7-9,15H2,1-6H3. The van der Waals surface area contributed by atoms with Crippen LogP contribution in [0.4, 0.5) is 4.79 Å². The first-order valence-corrected chi connectivity index (χ1v) is 6.77. The molecule has 0 bridgehead atoms. The SMILES string of the molecule is CC(C)(C)OC(=O)N1CCCC(N)C1C(C)(C)C. The zero-order valence-electron chi connectivity index (χ0n) is 12.6. The lowest BCUT2D eigenvalue weighted by atomic mass is 9.78. The van der Waals surface area contributed by atoms with E-state index in [1.54, 1.807) is 0 Å². The summed E-state index contributed by atoms with van der Waals surface area (Å²) < 4.78 is 5.48. The fourth-order valence-corrected chi connectivity index (χ4v) is 2.66. The predicted molar refractivity (Wildman–Crippen MR) is 73.4 cm³/mol. The Morgan fingerprint density at radius 2 is 1.78 bits per heavy atom. The topological polar surface area (TPSA) is 55.6 Å². The normalized spacial score (nSPS) is 26.1. The number of piperidine rings is 1. The maximum Gasteiger partial charge on any atom is 0.410 e. The van der Waals surface area contributed by atoms with Crippen LogP contribution in [0.15, 0.2) is 0 Å². The van der Waals surface area contributed by atoms with E-state index in [9.17, 15) is 4.79 Å². The van der Waals surface area contributed by atoms with Gasteiger partial charge in [0, 0.05) is 12.6 Å². The van der Waals surface area contributed by atoms with Crippen LogP contribution in [0.5, 0.6) is 0 Å². The number of carbonyl (C=O) groups excluding carboxylic acids is 1. The van der Waals surface area contributed by atoms with E-state index in [-0.39, 0.29) is 23.6 Å². The highest BCUT2D eigenvalue weighted by atomic mass is 16.6. The van der Waals surface area contributed by atoms with Crippen molar-refractivity contribution >= 4 is 6.09 Å². The fourth-order valence-electron chi connectivity index (χ4n) is 2.66. The quantitative estimate of drug-likeness (QED) is 0.725. The minimum absolute atomic E-state index is 0.0310. The van der Waals surface area contributed by atoms with Gasteiger partial charge < -0.3 is 15.4 Å². The molecule has 1 aliphatic rings. The molecule has 1 rings (SSSR count). The number of ether oxygens (including phenoxy) is 1. The molecule has 0 saturated carbocycles. The van der Waals surface area contributed by atoms with Gasteiger partial charge in [0.05, 0.1) is 6.04 Å². The van der Waals surface area contributed by atoms with Gasteiger partial charge in [-0.25, -0.2) is 4.79 Å². The summed E-state index contributed by atoms with van der Waals surface area (Å²) in [6.45, 7) is 12.8. The number of nitrogens with zero attached hydrogens (tertiary/aromatic N) is 1. The summed E-state index contributed by atoms with van der Waals surface area (Å²) in [7, 11) is 0. The van der Waals surface area contributed by atoms with Gasteiger partial charge >= 0.3 is 6.09 Å². The summed E-state index contributed by atoms with van der Waals surface area (Å²) >= 11 is 0. The molecule has 0 aromatic rings. The number of hydrogen-bond acceptors (Lipinski definition) is 3. The molecule has 2 unspecified atom stereocenters. The van der Waals surface area contributed by atoms with Crippen LogP contribution in [0.3, 0.4) is 0 Å². The van der Waals surface area contributed by atoms with Crippen LogP contribution in [-0.4, -0.2) is 35.2 Å². The third kappa shape index (κ3) is 3.87. The van der Waals surface area contributed by atoms with Crippen molar-refractivity contribution in [1.29, 1.82) is 0 Å². The number of likely N-dealkylation sites (tertiary alicyclic amines) is 1. The molecule has 0 aliphatic carbocycles. The van der Waals surface area contributed by atoms with Gasteiger partial charge in [0.2, 0.25) is 0 Å². The average molecular weight is 256 g/mol. The van der Waals surface area contributed by atoms with Crippen LogP contribution in [0.25, 0.3) is 0 Å². The Balaban J connectivity index is 2.87. The summed E-state index contributed by atoms with van der Waals surface area (Å²) in [5.41, 5.74) is 5.72. The van der Waals surface area contributed by atoms with Crippen LogP contribution in [0, 0.1) is 5.41 Å². The third-order valence-electron chi connectivity index (χ3n) is 3.19. The number of nitrogens with two attached hydrogens (primary N) is 1. The molecule has 1 amide bonds. The molecule has 2 atom stereocenters. The Morgan fingerprint density at radius 3 is 2.22 bits per heavy atom. The van der Waals surface area contributed by atoms with Crippen LogP contribution in [0.1, 0.15) is 54.4 Å². The van der Waals surface area contributed by atoms with E-state index in [4.69, 9.17) is 10.5 Å². The summed E-state index contributed by atoms with van der Waals surface area (Å²) in [6, 6.07) is 0.0763.